The molecule has 1 aromatic heterocycles. The summed E-state index contributed by atoms with van der Waals surface area (Å²) in [7, 11) is 0. The van der Waals surface area contributed by atoms with Crippen molar-refractivity contribution in [2.45, 2.75) is 92.2 Å². The largest absolute Gasteiger partial charge is 0.481 e. The lowest BCUT2D eigenvalue weighted by Crippen LogP contribution is -2.57. The molecule has 2 heterocycles. The van der Waals surface area contributed by atoms with Crippen molar-refractivity contribution >= 4 is 18.3 Å². The van der Waals surface area contributed by atoms with E-state index >= 15 is 0 Å². The minimum atomic E-state index is -1.16. The second-order valence-corrected chi connectivity index (χ2v) is 14.7. The van der Waals surface area contributed by atoms with Gasteiger partial charge in [-0.3, -0.25) is 19.2 Å². The highest BCUT2D eigenvalue weighted by molar-refractivity contribution is 5.93. The predicted molar refractivity (Wildman–Crippen MR) is 195 cm³/mol. The van der Waals surface area contributed by atoms with E-state index in [9.17, 15) is 28.0 Å². The molecular weight excluding hydrogens is 654 g/mol. The Morgan fingerprint density at radius 1 is 0.980 bits per heavy atom. The van der Waals surface area contributed by atoms with Gasteiger partial charge in [0.25, 0.3) is 11.5 Å². The molecular formula is C40H52F2N4O5. The maximum absolute atomic E-state index is 14.6. The lowest BCUT2D eigenvalue weighted by Gasteiger charge is -2.52. The van der Waals surface area contributed by atoms with Gasteiger partial charge in [0.1, 0.15) is 17.2 Å². The summed E-state index contributed by atoms with van der Waals surface area (Å²) in [5, 5.41) is 14.2. The number of likely N-dealkylation sites (tertiary alicyclic amines) is 1. The normalized spacial score (nSPS) is 15.8. The number of nitrogens with one attached hydrogen (secondary N) is 2. The molecule has 5 rings (SSSR count). The van der Waals surface area contributed by atoms with Gasteiger partial charge in [0.2, 0.25) is 6.41 Å². The van der Waals surface area contributed by atoms with Crippen molar-refractivity contribution in [2.24, 2.45) is 11.3 Å². The lowest BCUT2D eigenvalue weighted by atomic mass is 9.69. The molecule has 11 heteroatoms. The Morgan fingerprint density at radius 2 is 1.65 bits per heavy atom. The second kappa shape index (κ2) is 17.7. The number of pyridine rings is 1. The number of nitrogens with zero attached hydrogens (tertiary/aromatic N) is 2. The molecule has 3 N–H and O–H groups in total. The number of carbonyl (C=O) groups excluding carboxylic acids is 2. The second-order valence-electron chi connectivity index (χ2n) is 14.7. The number of aromatic nitrogens is 1. The first-order valence-electron chi connectivity index (χ1n) is 17.9. The number of aliphatic carboxylic acids is 1. The summed E-state index contributed by atoms with van der Waals surface area (Å²) in [6, 6.07) is 8.36. The van der Waals surface area contributed by atoms with Crippen LogP contribution in [0.4, 0.5) is 8.78 Å². The van der Waals surface area contributed by atoms with Gasteiger partial charge in [-0.25, -0.2) is 8.78 Å². The van der Waals surface area contributed by atoms with Crippen LogP contribution in [-0.2, 0) is 16.1 Å². The average molecular weight is 707 g/mol. The summed E-state index contributed by atoms with van der Waals surface area (Å²) < 4.78 is 29.8. The van der Waals surface area contributed by atoms with Gasteiger partial charge in [-0.2, -0.15) is 0 Å². The van der Waals surface area contributed by atoms with E-state index in [-0.39, 0.29) is 28.4 Å². The summed E-state index contributed by atoms with van der Waals surface area (Å²) in [6.45, 7) is 13.8. The molecule has 2 fully saturated rings. The summed E-state index contributed by atoms with van der Waals surface area (Å²) in [5.74, 6) is -1.80. The van der Waals surface area contributed by atoms with Crippen LogP contribution in [0, 0.1) is 43.7 Å². The molecule has 1 unspecified atom stereocenters. The number of aryl methyl sites for hydroxylation is 3. The van der Waals surface area contributed by atoms with Crippen molar-refractivity contribution in [2.75, 3.05) is 26.2 Å². The third-order valence-corrected chi connectivity index (χ3v) is 10.1. The number of carbonyl (C=O) groups is 3. The first kappa shape index (κ1) is 39.4. The molecule has 51 heavy (non-hydrogen) atoms. The number of halogens is 2. The minimum Gasteiger partial charge on any atom is -0.481 e. The van der Waals surface area contributed by atoms with E-state index in [1.807, 2.05) is 0 Å². The van der Waals surface area contributed by atoms with Gasteiger partial charge in [-0.15, -0.1) is 0 Å². The first-order chi connectivity index (χ1) is 24.2. The highest BCUT2D eigenvalue weighted by Gasteiger charge is 2.42. The van der Waals surface area contributed by atoms with Crippen molar-refractivity contribution in [1.82, 2.24) is 20.1 Å². The Labute approximate surface area is 299 Å². The Morgan fingerprint density at radius 3 is 2.25 bits per heavy atom. The summed E-state index contributed by atoms with van der Waals surface area (Å²) in [4.78, 5) is 49.2. The van der Waals surface area contributed by atoms with Gasteiger partial charge in [-0.1, -0.05) is 33.1 Å². The third-order valence-electron chi connectivity index (χ3n) is 10.1. The molecule has 0 radical (unpaired) electrons. The molecule has 276 valence electrons. The number of rotatable bonds is 13. The van der Waals surface area contributed by atoms with Crippen LogP contribution >= 0.6 is 0 Å². The number of benzene rings is 2. The summed E-state index contributed by atoms with van der Waals surface area (Å²) >= 11 is 0. The molecule has 1 atom stereocenters. The fourth-order valence-corrected chi connectivity index (χ4v) is 7.46. The monoisotopic (exact) mass is 706 g/mol. The van der Waals surface area contributed by atoms with Gasteiger partial charge in [0, 0.05) is 44.5 Å². The van der Waals surface area contributed by atoms with Gasteiger partial charge in [0.05, 0.1) is 12.5 Å². The standard InChI is InChI=1S/C21H33N3O2.C19H19F2NO3/c1-17(2)8-11-22-19(25)18-7-6-12-24(20(18)26)14-13-23-15-21(16-23)9-4-3-5-10-21;1-10-5-14(20)6-11(2)18(10)13-4-12(3)19(21)15(7-13)16(22-9-23)8-17(24)25/h6-7,12,17H,3-5,8-11,13-16H2,1-2H3,(H,22,25);4-7,9,16H,8H2,1-3H3,(H,22,23)(H,24,25). The van der Waals surface area contributed by atoms with Crippen molar-refractivity contribution in [3.8, 4) is 11.1 Å². The maximum Gasteiger partial charge on any atom is 0.305 e. The molecule has 1 aliphatic heterocycles. The quantitative estimate of drug-likeness (QED) is 0.170. The number of carboxylic acids is 1. The number of carboxylic acid groups (broad SMARTS) is 1. The van der Waals surface area contributed by atoms with Crippen LogP contribution in [0.15, 0.2) is 47.4 Å². The van der Waals surface area contributed by atoms with Crippen LogP contribution in [0.1, 0.15) is 97.4 Å². The molecule has 1 spiro atoms. The van der Waals surface area contributed by atoms with Crippen LogP contribution in [0.2, 0.25) is 0 Å². The van der Waals surface area contributed by atoms with Crippen LogP contribution in [0.3, 0.4) is 0 Å². The van der Waals surface area contributed by atoms with Crippen molar-refractivity contribution < 1.29 is 28.3 Å². The Bertz CT molecular complexity index is 1730. The minimum absolute atomic E-state index is 0.0904. The summed E-state index contributed by atoms with van der Waals surface area (Å²) in [5.41, 5.74) is 3.83. The van der Waals surface area contributed by atoms with Crippen molar-refractivity contribution in [3.05, 3.63) is 92.4 Å². The van der Waals surface area contributed by atoms with Crippen LogP contribution in [-0.4, -0.2) is 59.0 Å². The third kappa shape index (κ3) is 10.3. The molecule has 1 saturated heterocycles. The maximum atomic E-state index is 14.6. The molecule has 3 aromatic rings. The fourth-order valence-electron chi connectivity index (χ4n) is 7.46. The number of hydrogen-bond donors (Lipinski definition) is 3. The highest BCUT2D eigenvalue weighted by atomic mass is 19.1. The molecule has 2 amide bonds. The van der Waals surface area contributed by atoms with Gasteiger partial charge < -0.3 is 25.2 Å². The van der Waals surface area contributed by atoms with E-state index in [1.54, 1.807) is 49.7 Å². The molecule has 2 aliphatic rings. The van der Waals surface area contributed by atoms with E-state index in [0.717, 1.165) is 18.5 Å². The zero-order valence-electron chi connectivity index (χ0n) is 30.5. The first-order valence-corrected chi connectivity index (χ1v) is 17.9. The van der Waals surface area contributed by atoms with Crippen molar-refractivity contribution in [3.63, 3.8) is 0 Å². The Kier molecular flexibility index (Phi) is 13.7. The Balaban J connectivity index is 0.000000229. The van der Waals surface area contributed by atoms with E-state index < -0.39 is 24.2 Å². The molecule has 0 bridgehead atoms. The molecule has 1 aliphatic carbocycles. The van der Waals surface area contributed by atoms with Gasteiger partial charge >= 0.3 is 5.97 Å². The number of amides is 2. The number of hydrogen-bond acceptors (Lipinski definition) is 5. The Hall–Kier alpha value is -4.38. The molecule has 2 aromatic carbocycles. The molecule has 9 nitrogen and oxygen atoms in total. The van der Waals surface area contributed by atoms with E-state index in [4.69, 9.17) is 5.11 Å². The van der Waals surface area contributed by atoms with Gasteiger partial charge in [-0.05, 0) is 116 Å². The van der Waals surface area contributed by atoms with Gasteiger partial charge in [0.15, 0.2) is 0 Å². The highest BCUT2D eigenvalue weighted by Crippen LogP contribution is 2.43. The van der Waals surface area contributed by atoms with Crippen LogP contribution in [0.25, 0.3) is 11.1 Å². The van der Waals surface area contributed by atoms with E-state index in [2.05, 4.69) is 29.4 Å². The fraction of sp³-hybridized carbons (Fsp3) is 0.500. The predicted octanol–water partition coefficient (Wildman–Crippen LogP) is 6.71. The van der Waals surface area contributed by atoms with Crippen LogP contribution in [0.5, 0.6) is 0 Å². The zero-order valence-corrected chi connectivity index (χ0v) is 30.5. The smallest absolute Gasteiger partial charge is 0.305 e. The average Bonchev–Trinajstić information content (AvgIpc) is 3.04. The summed E-state index contributed by atoms with van der Waals surface area (Å²) in [6.07, 6.45) is 9.51. The lowest BCUT2D eigenvalue weighted by molar-refractivity contribution is -0.137. The van der Waals surface area contributed by atoms with Crippen molar-refractivity contribution in [1.29, 1.82) is 0 Å². The SMILES string of the molecule is CC(C)CCNC(=O)c1cccn(CCN2CC3(CCCCC3)C2)c1=O.Cc1cc(-c2c(C)cc(F)cc2C)cc(C(CC(=O)O)NC=O)c1F. The zero-order chi connectivity index (χ0) is 37.3. The van der Waals surface area contributed by atoms with E-state index in [0.29, 0.717) is 53.1 Å². The topological polar surface area (TPSA) is 121 Å². The van der Waals surface area contributed by atoms with E-state index in [1.165, 1.54) is 63.4 Å². The van der Waals surface area contributed by atoms with Crippen LogP contribution < -0.4 is 16.2 Å². The molecule has 1 saturated carbocycles.